The minimum Gasteiger partial charge on any atom is -0.495 e. The Kier molecular flexibility index (Phi) is 6.71. The number of nitrogens with one attached hydrogen (secondary N) is 3. The van der Waals surface area contributed by atoms with Gasteiger partial charge in [0.2, 0.25) is 15.9 Å². The summed E-state index contributed by atoms with van der Waals surface area (Å²) < 4.78 is 43.1. The molecule has 0 aliphatic carbocycles. The van der Waals surface area contributed by atoms with Crippen LogP contribution in [-0.2, 0) is 14.8 Å². The van der Waals surface area contributed by atoms with Gasteiger partial charge in [0.15, 0.2) is 0 Å². The quantitative estimate of drug-likeness (QED) is 0.647. The van der Waals surface area contributed by atoms with E-state index in [0.717, 1.165) is 12.3 Å². The SMILES string of the molecule is COc1ccc(NC(=O)C(C)NS(C)(=O)=O)cc1NC(=O)c1cccc(F)c1. The molecular formula is C18H20FN3O5S. The van der Waals surface area contributed by atoms with Crippen LogP contribution in [0, 0.1) is 5.82 Å². The average molecular weight is 409 g/mol. The monoisotopic (exact) mass is 409 g/mol. The molecule has 8 nitrogen and oxygen atoms in total. The van der Waals surface area contributed by atoms with Gasteiger partial charge in [-0.3, -0.25) is 9.59 Å². The first kappa shape index (κ1) is 21.3. The Bertz CT molecular complexity index is 994. The molecule has 150 valence electrons. The number of carbonyl (C=O) groups excluding carboxylic acids is 2. The molecule has 2 aromatic carbocycles. The number of halogens is 1. The Hall–Kier alpha value is -2.98. The van der Waals surface area contributed by atoms with E-state index in [1.54, 1.807) is 0 Å². The molecule has 0 fully saturated rings. The average Bonchev–Trinajstić information content (AvgIpc) is 2.60. The van der Waals surface area contributed by atoms with E-state index in [2.05, 4.69) is 15.4 Å². The Balaban J connectivity index is 2.19. The number of anilines is 2. The van der Waals surface area contributed by atoms with Crippen molar-refractivity contribution in [2.45, 2.75) is 13.0 Å². The molecule has 2 aromatic rings. The largest absolute Gasteiger partial charge is 0.495 e. The van der Waals surface area contributed by atoms with Gasteiger partial charge in [0.1, 0.15) is 11.6 Å². The summed E-state index contributed by atoms with van der Waals surface area (Å²) in [6.45, 7) is 1.40. The van der Waals surface area contributed by atoms with E-state index in [9.17, 15) is 22.4 Å². The van der Waals surface area contributed by atoms with Crippen molar-refractivity contribution in [2.75, 3.05) is 24.0 Å². The van der Waals surface area contributed by atoms with E-state index >= 15 is 0 Å². The van der Waals surface area contributed by atoms with Crippen molar-refractivity contribution in [1.82, 2.24) is 4.72 Å². The number of hydrogen-bond donors (Lipinski definition) is 3. The molecule has 0 radical (unpaired) electrons. The third-order valence-electron chi connectivity index (χ3n) is 3.59. The molecule has 0 heterocycles. The highest BCUT2D eigenvalue weighted by Gasteiger charge is 2.18. The minimum absolute atomic E-state index is 0.113. The third kappa shape index (κ3) is 6.03. The maximum Gasteiger partial charge on any atom is 0.255 e. The predicted octanol–water partition coefficient (Wildman–Crippen LogP) is 1.96. The van der Waals surface area contributed by atoms with E-state index < -0.39 is 33.7 Å². The van der Waals surface area contributed by atoms with Crippen molar-refractivity contribution in [3.05, 3.63) is 53.8 Å². The number of ether oxygens (including phenoxy) is 1. The van der Waals surface area contributed by atoms with Crippen molar-refractivity contribution in [3.63, 3.8) is 0 Å². The van der Waals surface area contributed by atoms with Crippen LogP contribution in [0.3, 0.4) is 0 Å². The Morgan fingerprint density at radius 2 is 1.82 bits per heavy atom. The van der Waals surface area contributed by atoms with Gasteiger partial charge in [-0.15, -0.1) is 0 Å². The number of carbonyl (C=O) groups is 2. The second-order valence-electron chi connectivity index (χ2n) is 5.98. The Morgan fingerprint density at radius 1 is 1.11 bits per heavy atom. The van der Waals surface area contributed by atoms with Gasteiger partial charge in [0.25, 0.3) is 5.91 Å². The highest BCUT2D eigenvalue weighted by atomic mass is 32.2. The standard InChI is InChI=1S/C18H20FN3O5S/c1-11(22-28(3,25)26)17(23)20-14-7-8-16(27-2)15(10-14)21-18(24)12-5-4-6-13(19)9-12/h4-11,22H,1-3H3,(H,20,23)(H,21,24). The number of amides is 2. The highest BCUT2D eigenvalue weighted by Crippen LogP contribution is 2.28. The van der Waals surface area contributed by atoms with Gasteiger partial charge in [-0.2, -0.15) is 0 Å². The molecule has 0 aliphatic heterocycles. The van der Waals surface area contributed by atoms with Gasteiger partial charge >= 0.3 is 0 Å². The second kappa shape index (κ2) is 8.81. The van der Waals surface area contributed by atoms with Gasteiger partial charge in [-0.1, -0.05) is 6.07 Å². The Labute approximate surface area is 162 Å². The summed E-state index contributed by atoms with van der Waals surface area (Å²) in [6, 6.07) is 8.67. The molecule has 3 N–H and O–H groups in total. The van der Waals surface area contributed by atoms with Crippen molar-refractivity contribution >= 4 is 33.2 Å². The molecule has 1 atom stereocenters. The van der Waals surface area contributed by atoms with Crippen LogP contribution >= 0.6 is 0 Å². The summed E-state index contributed by atoms with van der Waals surface area (Å²) in [5, 5.41) is 5.14. The van der Waals surface area contributed by atoms with E-state index in [1.807, 2.05) is 0 Å². The molecule has 2 rings (SSSR count). The van der Waals surface area contributed by atoms with Gasteiger partial charge in [-0.05, 0) is 43.3 Å². The molecule has 0 spiro atoms. The number of rotatable bonds is 7. The van der Waals surface area contributed by atoms with Crippen molar-refractivity contribution in [2.24, 2.45) is 0 Å². The van der Waals surface area contributed by atoms with Gasteiger partial charge in [0.05, 0.1) is 25.1 Å². The molecule has 1 unspecified atom stereocenters. The zero-order valence-corrected chi connectivity index (χ0v) is 16.3. The Morgan fingerprint density at radius 3 is 2.43 bits per heavy atom. The third-order valence-corrected chi connectivity index (χ3v) is 4.37. The second-order valence-corrected chi connectivity index (χ2v) is 7.76. The van der Waals surface area contributed by atoms with Gasteiger partial charge in [0, 0.05) is 11.3 Å². The first-order valence-electron chi connectivity index (χ1n) is 8.12. The zero-order valence-electron chi connectivity index (χ0n) is 15.4. The van der Waals surface area contributed by atoms with Gasteiger partial charge in [-0.25, -0.2) is 17.5 Å². The molecule has 28 heavy (non-hydrogen) atoms. The summed E-state index contributed by atoms with van der Waals surface area (Å²) >= 11 is 0. The lowest BCUT2D eigenvalue weighted by molar-refractivity contribution is -0.117. The molecule has 10 heteroatoms. The van der Waals surface area contributed by atoms with Crippen LogP contribution in [0.1, 0.15) is 17.3 Å². The number of hydrogen-bond acceptors (Lipinski definition) is 5. The van der Waals surface area contributed by atoms with Crippen molar-refractivity contribution in [1.29, 1.82) is 0 Å². The number of sulfonamides is 1. The van der Waals surface area contributed by atoms with Crippen LogP contribution in [0.2, 0.25) is 0 Å². The topological polar surface area (TPSA) is 114 Å². The van der Waals surface area contributed by atoms with Crippen molar-refractivity contribution in [3.8, 4) is 5.75 Å². The fourth-order valence-corrected chi connectivity index (χ4v) is 3.08. The van der Waals surface area contributed by atoms with E-state index in [-0.39, 0.29) is 11.3 Å². The minimum atomic E-state index is -3.55. The molecule has 2 amide bonds. The van der Waals surface area contributed by atoms with E-state index in [4.69, 9.17) is 4.74 Å². The van der Waals surface area contributed by atoms with Crippen LogP contribution in [-0.4, -0.2) is 39.6 Å². The fourth-order valence-electron chi connectivity index (χ4n) is 2.33. The first-order chi connectivity index (χ1) is 13.1. The van der Waals surface area contributed by atoms with E-state index in [1.165, 1.54) is 50.4 Å². The van der Waals surface area contributed by atoms with Crippen LogP contribution in [0.5, 0.6) is 5.75 Å². The summed E-state index contributed by atoms with van der Waals surface area (Å²) in [5.41, 5.74) is 0.670. The smallest absolute Gasteiger partial charge is 0.255 e. The molecular weight excluding hydrogens is 389 g/mol. The molecule has 0 aromatic heterocycles. The van der Waals surface area contributed by atoms with E-state index in [0.29, 0.717) is 11.4 Å². The van der Waals surface area contributed by atoms with Crippen LogP contribution < -0.4 is 20.1 Å². The van der Waals surface area contributed by atoms with Crippen LogP contribution in [0.15, 0.2) is 42.5 Å². The summed E-state index contributed by atoms with van der Waals surface area (Å²) in [6.07, 6.45) is 0.949. The first-order valence-corrected chi connectivity index (χ1v) is 10.0. The summed E-state index contributed by atoms with van der Waals surface area (Å²) in [5.74, 6) is -1.37. The summed E-state index contributed by atoms with van der Waals surface area (Å²) in [4.78, 5) is 24.5. The predicted molar refractivity (Wildman–Crippen MR) is 103 cm³/mol. The molecule has 0 aliphatic rings. The lowest BCUT2D eigenvalue weighted by Crippen LogP contribution is -2.41. The lowest BCUT2D eigenvalue weighted by atomic mass is 10.2. The van der Waals surface area contributed by atoms with Crippen molar-refractivity contribution < 1.29 is 27.1 Å². The van der Waals surface area contributed by atoms with Crippen LogP contribution in [0.4, 0.5) is 15.8 Å². The molecule has 0 bridgehead atoms. The normalized spacial score (nSPS) is 12.1. The maximum atomic E-state index is 13.3. The summed E-state index contributed by atoms with van der Waals surface area (Å²) in [7, 11) is -2.14. The number of methoxy groups -OCH3 is 1. The highest BCUT2D eigenvalue weighted by molar-refractivity contribution is 7.88. The maximum absolute atomic E-state index is 13.3. The zero-order chi connectivity index (χ0) is 20.9. The molecule has 0 saturated carbocycles. The van der Waals surface area contributed by atoms with Gasteiger partial charge < -0.3 is 15.4 Å². The number of benzene rings is 2. The lowest BCUT2D eigenvalue weighted by Gasteiger charge is -2.15. The fraction of sp³-hybridized carbons (Fsp3) is 0.222. The molecule has 0 saturated heterocycles. The van der Waals surface area contributed by atoms with Crippen LogP contribution in [0.25, 0.3) is 0 Å².